The van der Waals surface area contributed by atoms with E-state index in [4.69, 9.17) is 15.2 Å². The minimum absolute atomic E-state index is 0.466. The number of nitrogens with two attached hydrogens (primary N) is 1. The maximum absolute atomic E-state index is 11.3. The zero-order chi connectivity index (χ0) is 16.0. The molecular formula is C17H35NO3. The van der Waals surface area contributed by atoms with Gasteiger partial charge in [0.15, 0.2) is 0 Å². The van der Waals surface area contributed by atoms with E-state index in [2.05, 4.69) is 0 Å². The van der Waals surface area contributed by atoms with Crippen LogP contribution in [0.4, 0.5) is 4.79 Å². The molecule has 0 aromatic heterocycles. The van der Waals surface area contributed by atoms with E-state index in [1.165, 1.54) is 44.9 Å². The highest BCUT2D eigenvalue weighted by molar-refractivity contribution is 5.60. The van der Waals surface area contributed by atoms with Crippen molar-refractivity contribution in [2.45, 2.75) is 90.6 Å². The summed E-state index contributed by atoms with van der Waals surface area (Å²) in [6.07, 6.45) is 11.7. The van der Waals surface area contributed by atoms with Gasteiger partial charge in [0.25, 0.3) is 0 Å². The highest BCUT2D eigenvalue weighted by atomic mass is 16.7. The van der Waals surface area contributed by atoms with Crippen molar-refractivity contribution in [3.05, 3.63) is 0 Å². The molecule has 0 aliphatic rings. The van der Waals surface area contributed by atoms with Crippen molar-refractivity contribution in [2.24, 2.45) is 5.73 Å². The summed E-state index contributed by atoms with van der Waals surface area (Å²) in [6, 6.07) is 0. The second-order valence-electron chi connectivity index (χ2n) is 6.64. The van der Waals surface area contributed by atoms with Gasteiger partial charge >= 0.3 is 6.16 Å². The fourth-order valence-electron chi connectivity index (χ4n) is 2.10. The lowest BCUT2D eigenvalue weighted by atomic mass is 10.1. The van der Waals surface area contributed by atoms with Gasteiger partial charge in [-0.1, -0.05) is 51.4 Å². The molecule has 0 aliphatic carbocycles. The van der Waals surface area contributed by atoms with Gasteiger partial charge < -0.3 is 15.2 Å². The molecule has 0 atom stereocenters. The molecular weight excluding hydrogens is 266 g/mol. The van der Waals surface area contributed by atoms with Crippen LogP contribution < -0.4 is 5.73 Å². The third-order valence-electron chi connectivity index (χ3n) is 3.21. The Bertz CT molecular complexity index is 249. The molecule has 0 rings (SSSR count). The number of hydrogen-bond acceptors (Lipinski definition) is 4. The van der Waals surface area contributed by atoms with E-state index < -0.39 is 11.8 Å². The summed E-state index contributed by atoms with van der Waals surface area (Å²) in [5, 5.41) is 0. The molecule has 2 N–H and O–H groups in total. The zero-order valence-corrected chi connectivity index (χ0v) is 14.3. The second kappa shape index (κ2) is 12.9. The average molecular weight is 301 g/mol. The predicted molar refractivity (Wildman–Crippen MR) is 87.4 cm³/mol. The van der Waals surface area contributed by atoms with Gasteiger partial charge in [-0.2, -0.15) is 0 Å². The van der Waals surface area contributed by atoms with Crippen molar-refractivity contribution < 1.29 is 14.3 Å². The first-order valence-electron chi connectivity index (χ1n) is 8.51. The van der Waals surface area contributed by atoms with Crippen molar-refractivity contribution in [3.63, 3.8) is 0 Å². The first-order valence-corrected chi connectivity index (χ1v) is 8.51. The van der Waals surface area contributed by atoms with Crippen LogP contribution in [0, 0.1) is 0 Å². The minimum Gasteiger partial charge on any atom is -0.434 e. The van der Waals surface area contributed by atoms with Crippen LogP contribution in [0.1, 0.15) is 85.0 Å². The SMILES string of the molecule is CC(C)(C)OC(=O)OCCCCCCCCCCCCN. The normalized spacial score (nSPS) is 11.4. The van der Waals surface area contributed by atoms with Crippen molar-refractivity contribution in [2.75, 3.05) is 13.2 Å². The van der Waals surface area contributed by atoms with E-state index >= 15 is 0 Å². The van der Waals surface area contributed by atoms with Gasteiger partial charge in [0.2, 0.25) is 0 Å². The lowest BCUT2D eigenvalue weighted by Gasteiger charge is -2.18. The van der Waals surface area contributed by atoms with E-state index in [0.29, 0.717) is 6.61 Å². The van der Waals surface area contributed by atoms with Gasteiger partial charge in [-0.05, 0) is 40.2 Å². The Morgan fingerprint density at radius 3 is 1.67 bits per heavy atom. The molecule has 0 amide bonds. The summed E-state index contributed by atoms with van der Waals surface area (Å²) in [5.41, 5.74) is 4.99. The van der Waals surface area contributed by atoms with E-state index in [1.54, 1.807) is 0 Å². The van der Waals surface area contributed by atoms with E-state index in [9.17, 15) is 4.79 Å². The summed E-state index contributed by atoms with van der Waals surface area (Å²) >= 11 is 0. The number of rotatable bonds is 12. The van der Waals surface area contributed by atoms with Crippen molar-refractivity contribution in [1.82, 2.24) is 0 Å². The summed E-state index contributed by atoms with van der Waals surface area (Å²) in [5.74, 6) is 0. The molecule has 0 aromatic carbocycles. The molecule has 0 saturated heterocycles. The largest absolute Gasteiger partial charge is 0.508 e. The van der Waals surface area contributed by atoms with Gasteiger partial charge in [0.05, 0.1) is 6.61 Å². The fourth-order valence-corrected chi connectivity index (χ4v) is 2.10. The van der Waals surface area contributed by atoms with Crippen LogP contribution in [0.3, 0.4) is 0 Å². The van der Waals surface area contributed by atoms with E-state index in [1.807, 2.05) is 20.8 Å². The first kappa shape index (κ1) is 20.2. The Balaban J connectivity index is 3.17. The average Bonchev–Trinajstić information content (AvgIpc) is 2.38. The van der Waals surface area contributed by atoms with Crippen molar-refractivity contribution in [1.29, 1.82) is 0 Å². The quantitative estimate of drug-likeness (QED) is 0.415. The standard InChI is InChI=1S/C17H35NO3/c1-17(2,3)21-16(19)20-15-13-11-9-7-5-4-6-8-10-12-14-18/h4-15,18H2,1-3H3. The van der Waals surface area contributed by atoms with E-state index in [0.717, 1.165) is 25.8 Å². The maximum atomic E-state index is 11.3. The third-order valence-corrected chi connectivity index (χ3v) is 3.21. The Kier molecular flexibility index (Phi) is 12.5. The number of hydrogen-bond donors (Lipinski definition) is 1. The molecule has 0 saturated carbocycles. The van der Waals surface area contributed by atoms with Crippen LogP contribution in [0.5, 0.6) is 0 Å². The van der Waals surface area contributed by atoms with Crippen LogP contribution in [-0.2, 0) is 9.47 Å². The van der Waals surface area contributed by atoms with Crippen LogP contribution in [0.2, 0.25) is 0 Å². The molecule has 0 radical (unpaired) electrons. The van der Waals surface area contributed by atoms with Gasteiger partial charge in [-0.3, -0.25) is 0 Å². The molecule has 0 aliphatic heterocycles. The maximum Gasteiger partial charge on any atom is 0.508 e. The van der Waals surface area contributed by atoms with Crippen LogP contribution in [-0.4, -0.2) is 24.9 Å². The van der Waals surface area contributed by atoms with Gasteiger partial charge in [0, 0.05) is 0 Å². The van der Waals surface area contributed by atoms with Crippen LogP contribution >= 0.6 is 0 Å². The summed E-state index contributed by atoms with van der Waals surface area (Å²) < 4.78 is 10.1. The van der Waals surface area contributed by atoms with Gasteiger partial charge in [0.1, 0.15) is 5.60 Å². The zero-order valence-electron chi connectivity index (χ0n) is 14.3. The summed E-state index contributed by atoms with van der Waals surface area (Å²) in [7, 11) is 0. The smallest absolute Gasteiger partial charge is 0.434 e. The monoisotopic (exact) mass is 301 g/mol. The molecule has 21 heavy (non-hydrogen) atoms. The second-order valence-corrected chi connectivity index (χ2v) is 6.64. The highest BCUT2D eigenvalue weighted by Crippen LogP contribution is 2.11. The molecule has 0 spiro atoms. The molecule has 4 heteroatoms. The number of unbranched alkanes of at least 4 members (excludes halogenated alkanes) is 9. The molecule has 126 valence electrons. The first-order chi connectivity index (χ1) is 9.95. The third kappa shape index (κ3) is 17.2. The molecule has 0 aromatic rings. The molecule has 0 heterocycles. The van der Waals surface area contributed by atoms with Crippen molar-refractivity contribution >= 4 is 6.16 Å². The lowest BCUT2D eigenvalue weighted by molar-refractivity contribution is -0.00770. The van der Waals surface area contributed by atoms with Crippen molar-refractivity contribution in [3.8, 4) is 0 Å². The minimum atomic E-state index is -0.556. The topological polar surface area (TPSA) is 61.5 Å². The Morgan fingerprint density at radius 1 is 0.810 bits per heavy atom. The Morgan fingerprint density at radius 2 is 1.24 bits per heavy atom. The Labute approximate surface area is 130 Å². The number of carbonyl (C=O) groups is 1. The molecule has 0 bridgehead atoms. The van der Waals surface area contributed by atoms with Gasteiger partial charge in [-0.25, -0.2) is 4.79 Å². The molecule has 0 unspecified atom stereocenters. The summed E-state index contributed by atoms with van der Waals surface area (Å²) in [6.45, 7) is 6.80. The molecule has 4 nitrogen and oxygen atoms in total. The van der Waals surface area contributed by atoms with E-state index in [-0.39, 0.29) is 0 Å². The fraction of sp³-hybridized carbons (Fsp3) is 0.941. The highest BCUT2D eigenvalue weighted by Gasteiger charge is 2.16. The number of carbonyl (C=O) groups excluding carboxylic acids is 1. The van der Waals surface area contributed by atoms with Crippen LogP contribution in [0.15, 0.2) is 0 Å². The van der Waals surface area contributed by atoms with Crippen LogP contribution in [0.25, 0.3) is 0 Å². The van der Waals surface area contributed by atoms with Gasteiger partial charge in [-0.15, -0.1) is 0 Å². The molecule has 0 fully saturated rings. The Hall–Kier alpha value is -0.770. The summed E-state index contributed by atoms with van der Waals surface area (Å²) in [4.78, 5) is 11.3. The lowest BCUT2D eigenvalue weighted by Crippen LogP contribution is -2.24. The predicted octanol–water partition coefficient (Wildman–Crippen LogP) is 4.80. The number of ether oxygens (including phenoxy) is 2.